The zero-order valence-electron chi connectivity index (χ0n) is 18.7. The van der Waals surface area contributed by atoms with Crippen LogP contribution in [0.1, 0.15) is 37.3 Å². The van der Waals surface area contributed by atoms with Gasteiger partial charge in [-0.05, 0) is 37.1 Å². The standard InChI is InChI=1S/C26H27N3O4/c1-3-32-25(30)28-23(20-14-8-5-9-15-20)27(22-18-12-7-13-19-22)24(21-16-10-6-11-17-21)29(28)26(31)33-4-2/h5-19,23-24H,3-4H2,1-2H3/t23-,24+. The Kier molecular flexibility index (Phi) is 6.78. The van der Waals surface area contributed by atoms with Crippen molar-refractivity contribution in [1.82, 2.24) is 10.0 Å². The fraction of sp³-hybridized carbons (Fsp3) is 0.231. The van der Waals surface area contributed by atoms with Crippen LogP contribution < -0.4 is 4.90 Å². The first kappa shape index (κ1) is 22.2. The highest BCUT2D eigenvalue weighted by Gasteiger charge is 2.53. The van der Waals surface area contributed by atoms with Gasteiger partial charge in [0.15, 0.2) is 12.3 Å². The van der Waals surface area contributed by atoms with Crippen LogP contribution in [0.3, 0.4) is 0 Å². The Morgan fingerprint density at radius 1 is 0.636 bits per heavy atom. The van der Waals surface area contributed by atoms with Gasteiger partial charge in [-0.15, -0.1) is 0 Å². The van der Waals surface area contributed by atoms with Crippen LogP contribution in [-0.2, 0) is 9.47 Å². The maximum Gasteiger partial charge on any atom is 0.431 e. The number of hydrogen-bond donors (Lipinski definition) is 0. The number of carbonyl (C=O) groups excluding carboxylic acids is 2. The predicted molar refractivity (Wildman–Crippen MR) is 125 cm³/mol. The summed E-state index contributed by atoms with van der Waals surface area (Å²) in [4.78, 5) is 28.7. The molecule has 3 aromatic carbocycles. The molecule has 7 heteroatoms. The van der Waals surface area contributed by atoms with Crippen LogP contribution in [0.5, 0.6) is 0 Å². The SMILES string of the molecule is CCOC(=O)N1[C@H](c2ccccc2)N(c2ccccc2)[C@H](c2ccccc2)N1C(=O)OCC. The minimum absolute atomic E-state index is 0.175. The molecule has 0 saturated carbocycles. The molecule has 2 amide bonds. The highest BCUT2D eigenvalue weighted by Crippen LogP contribution is 2.47. The molecule has 7 nitrogen and oxygen atoms in total. The second-order valence-electron chi connectivity index (χ2n) is 7.40. The number of hydrazine groups is 1. The van der Waals surface area contributed by atoms with E-state index in [0.29, 0.717) is 0 Å². The molecule has 0 bridgehead atoms. The van der Waals surface area contributed by atoms with Gasteiger partial charge in [-0.2, -0.15) is 10.0 Å². The number of anilines is 1. The van der Waals surface area contributed by atoms with Crippen LogP contribution in [0.15, 0.2) is 91.0 Å². The van der Waals surface area contributed by atoms with Crippen LogP contribution in [0.25, 0.3) is 0 Å². The highest BCUT2D eigenvalue weighted by molar-refractivity contribution is 5.78. The van der Waals surface area contributed by atoms with E-state index in [1.807, 2.05) is 95.9 Å². The normalized spacial score (nSPS) is 17.7. The molecule has 33 heavy (non-hydrogen) atoms. The van der Waals surface area contributed by atoms with Crippen LogP contribution in [-0.4, -0.2) is 35.4 Å². The summed E-state index contributed by atoms with van der Waals surface area (Å²) in [5.74, 6) is 0. The summed E-state index contributed by atoms with van der Waals surface area (Å²) < 4.78 is 10.8. The van der Waals surface area contributed by atoms with Gasteiger partial charge in [-0.25, -0.2) is 9.59 Å². The lowest BCUT2D eigenvalue weighted by Gasteiger charge is -2.31. The van der Waals surface area contributed by atoms with Gasteiger partial charge in [0.05, 0.1) is 13.2 Å². The van der Waals surface area contributed by atoms with Crippen LogP contribution in [0.4, 0.5) is 15.3 Å². The van der Waals surface area contributed by atoms with Crippen molar-refractivity contribution in [1.29, 1.82) is 0 Å². The van der Waals surface area contributed by atoms with Crippen molar-refractivity contribution in [2.24, 2.45) is 0 Å². The van der Waals surface area contributed by atoms with E-state index in [-0.39, 0.29) is 13.2 Å². The van der Waals surface area contributed by atoms with Gasteiger partial charge >= 0.3 is 12.2 Å². The van der Waals surface area contributed by atoms with Crippen molar-refractivity contribution in [3.8, 4) is 0 Å². The number of hydrogen-bond acceptors (Lipinski definition) is 5. The van der Waals surface area contributed by atoms with E-state index in [9.17, 15) is 9.59 Å². The average Bonchev–Trinajstić information content (AvgIpc) is 3.22. The number of carbonyl (C=O) groups is 2. The minimum atomic E-state index is -0.637. The van der Waals surface area contributed by atoms with Crippen molar-refractivity contribution in [3.63, 3.8) is 0 Å². The van der Waals surface area contributed by atoms with Crippen LogP contribution in [0, 0.1) is 0 Å². The van der Waals surface area contributed by atoms with Gasteiger partial charge in [0.1, 0.15) is 0 Å². The molecule has 1 saturated heterocycles. The van der Waals surface area contributed by atoms with E-state index in [0.717, 1.165) is 16.8 Å². The number of nitrogens with zero attached hydrogens (tertiary/aromatic N) is 3. The van der Waals surface area contributed by atoms with Crippen LogP contribution in [0.2, 0.25) is 0 Å². The largest absolute Gasteiger partial charge is 0.448 e. The minimum Gasteiger partial charge on any atom is -0.448 e. The third-order valence-electron chi connectivity index (χ3n) is 5.38. The molecule has 0 aromatic heterocycles. The summed E-state index contributed by atoms with van der Waals surface area (Å²) in [6, 6.07) is 28.9. The first-order valence-electron chi connectivity index (χ1n) is 11.0. The molecule has 0 unspecified atom stereocenters. The lowest BCUT2D eigenvalue weighted by Crippen LogP contribution is -2.47. The van der Waals surface area contributed by atoms with E-state index in [2.05, 4.69) is 0 Å². The summed E-state index contributed by atoms with van der Waals surface area (Å²) in [5.41, 5.74) is 2.52. The maximum atomic E-state index is 13.3. The molecule has 0 spiro atoms. The molecule has 0 N–H and O–H groups in total. The van der Waals surface area contributed by atoms with Crippen molar-refractivity contribution < 1.29 is 19.1 Å². The average molecular weight is 446 g/mol. The Hall–Kier alpha value is -4.00. The molecule has 0 radical (unpaired) electrons. The first-order valence-corrected chi connectivity index (χ1v) is 11.0. The third kappa shape index (κ3) is 4.35. The fourth-order valence-corrected chi connectivity index (χ4v) is 4.10. The molecule has 4 rings (SSSR count). The molecule has 1 aliphatic heterocycles. The zero-order valence-corrected chi connectivity index (χ0v) is 18.7. The number of benzene rings is 3. The van der Waals surface area contributed by atoms with Gasteiger partial charge in [0, 0.05) is 5.69 Å². The van der Waals surface area contributed by atoms with Crippen LogP contribution >= 0.6 is 0 Å². The monoisotopic (exact) mass is 445 g/mol. The first-order chi connectivity index (χ1) is 16.2. The number of rotatable bonds is 5. The van der Waals surface area contributed by atoms with E-state index in [1.54, 1.807) is 13.8 Å². The molecule has 1 heterocycles. The smallest absolute Gasteiger partial charge is 0.431 e. The summed E-state index contributed by atoms with van der Waals surface area (Å²) in [6.45, 7) is 3.83. The molecule has 3 aromatic rings. The molecular formula is C26H27N3O4. The molecular weight excluding hydrogens is 418 g/mol. The Morgan fingerprint density at radius 2 is 1.00 bits per heavy atom. The summed E-state index contributed by atoms with van der Waals surface area (Å²) >= 11 is 0. The fourth-order valence-electron chi connectivity index (χ4n) is 4.10. The van der Waals surface area contributed by atoms with E-state index in [1.165, 1.54) is 10.0 Å². The zero-order chi connectivity index (χ0) is 23.2. The van der Waals surface area contributed by atoms with Crippen molar-refractivity contribution in [2.45, 2.75) is 26.2 Å². The quantitative estimate of drug-likeness (QED) is 0.501. The van der Waals surface area contributed by atoms with Gasteiger partial charge in [-0.1, -0.05) is 78.9 Å². The number of ether oxygens (including phenoxy) is 2. The summed E-state index contributed by atoms with van der Waals surface area (Å²) in [6.07, 6.45) is -2.53. The van der Waals surface area contributed by atoms with Crippen molar-refractivity contribution in [2.75, 3.05) is 18.1 Å². The van der Waals surface area contributed by atoms with E-state index < -0.39 is 24.5 Å². The Labute approximate surface area is 193 Å². The Balaban J connectivity index is 1.97. The van der Waals surface area contributed by atoms with Gasteiger partial charge < -0.3 is 14.4 Å². The Morgan fingerprint density at radius 3 is 1.36 bits per heavy atom. The summed E-state index contributed by atoms with van der Waals surface area (Å²) in [7, 11) is 0. The molecule has 1 fully saturated rings. The molecule has 170 valence electrons. The molecule has 2 atom stereocenters. The van der Waals surface area contributed by atoms with E-state index >= 15 is 0 Å². The van der Waals surface area contributed by atoms with Crippen molar-refractivity contribution in [3.05, 3.63) is 102 Å². The second kappa shape index (κ2) is 10.1. The number of para-hydroxylation sites is 1. The number of amides is 2. The lowest BCUT2D eigenvalue weighted by atomic mass is 10.1. The molecule has 1 aliphatic rings. The lowest BCUT2D eigenvalue weighted by molar-refractivity contribution is -0.0218. The highest BCUT2D eigenvalue weighted by atomic mass is 16.6. The predicted octanol–water partition coefficient (Wildman–Crippen LogP) is 5.74. The van der Waals surface area contributed by atoms with Gasteiger partial charge in [0.25, 0.3) is 0 Å². The van der Waals surface area contributed by atoms with Crippen molar-refractivity contribution >= 4 is 17.9 Å². The van der Waals surface area contributed by atoms with Gasteiger partial charge in [0.2, 0.25) is 0 Å². The van der Waals surface area contributed by atoms with E-state index in [4.69, 9.17) is 9.47 Å². The second-order valence-corrected chi connectivity index (χ2v) is 7.40. The Bertz CT molecular complexity index is 995. The third-order valence-corrected chi connectivity index (χ3v) is 5.38. The topological polar surface area (TPSA) is 62.3 Å². The summed E-state index contributed by atoms with van der Waals surface area (Å²) in [5, 5.41) is 2.73. The molecule has 0 aliphatic carbocycles. The maximum absolute atomic E-state index is 13.3. The van der Waals surface area contributed by atoms with Gasteiger partial charge in [-0.3, -0.25) is 0 Å².